The van der Waals surface area contributed by atoms with Gasteiger partial charge >= 0.3 is 0 Å². The van der Waals surface area contributed by atoms with Gasteiger partial charge in [-0.25, -0.2) is 9.67 Å². The summed E-state index contributed by atoms with van der Waals surface area (Å²) in [5.41, 5.74) is 1.50. The van der Waals surface area contributed by atoms with Crippen molar-refractivity contribution >= 4 is 5.91 Å². The summed E-state index contributed by atoms with van der Waals surface area (Å²) < 4.78 is 3.84. The lowest BCUT2D eigenvalue weighted by Crippen LogP contribution is -2.40. The van der Waals surface area contributed by atoms with Crippen molar-refractivity contribution in [3.05, 3.63) is 67.0 Å². The predicted octanol–water partition coefficient (Wildman–Crippen LogP) is 2.55. The van der Waals surface area contributed by atoms with E-state index < -0.39 is 0 Å². The zero-order valence-electron chi connectivity index (χ0n) is 13.3. The first-order chi connectivity index (χ1) is 11.8. The highest BCUT2D eigenvalue weighted by Gasteiger charge is 2.26. The second-order valence-corrected chi connectivity index (χ2v) is 6.02. The quantitative estimate of drug-likeness (QED) is 0.745. The van der Waals surface area contributed by atoms with E-state index in [0.29, 0.717) is 18.2 Å². The number of amides is 1. The Labute approximate surface area is 140 Å². The maximum Gasteiger partial charge on any atom is 0.256 e. The molecule has 122 valence electrons. The van der Waals surface area contributed by atoms with Gasteiger partial charge in [-0.2, -0.15) is 5.10 Å². The predicted molar refractivity (Wildman–Crippen MR) is 90.0 cm³/mol. The molecule has 3 aromatic rings. The third kappa shape index (κ3) is 2.71. The monoisotopic (exact) mass is 321 g/mol. The van der Waals surface area contributed by atoms with Crippen LogP contribution in [0.25, 0.3) is 5.69 Å². The molecule has 24 heavy (non-hydrogen) atoms. The molecule has 0 N–H and O–H groups in total. The molecular weight excluding hydrogens is 302 g/mol. The smallest absolute Gasteiger partial charge is 0.256 e. The van der Waals surface area contributed by atoms with E-state index in [-0.39, 0.29) is 5.91 Å². The number of hydrogen-bond acceptors (Lipinski definition) is 3. The summed E-state index contributed by atoms with van der Waals surface area (Å²) >= 11 is 0. The average Bonchev–Trinajstić information content (AvgIpc) is 3.35. The summed E-state index contributed by atoms with van der Waals surface area (Å²) in [5.74, 6) is 0.0610. The molecule has 1 aliphatic heterocycles. The molecule has 4 rings (SSSR count). The van der Waals surface area contributed by atoms with Crippen LogP contribution in [0, 0.1) is 0 Å². The summed E-state index contributed by atoms with van der Waals surface area (Å²) in [5, 5.41) is 4.26. The van der Waals surface area contributed by atoms with Gasteiger partial charge in [-0.15, -0.1) is 0 Å². The van der Waals surface area contributed by atoms with E-state index in [1.807, 2.05) is 54.0 Å². The van der Waals surface area contributed by atoms with Crippen LogP contribution in [0.4, 0.5) is 0 Å². The first-order valence-electron chi connectivity index (χ1n) is 8.19. The number of benzene rings is 1. The van der Waals surface area contributed by atoms with Gasteiger partial charge in [0.2, 0.25) is 0 Å². The Bertz CT molecular complexity index is 810. The maximum atomic E-state index is 13.1. The van der Waals surface area contributed by atoms with E-state index in [9.17, 15) is 4.79 Å². The van der Waals surface area contributed by atoms with Gasteiger partial charge in [-0.1, -0.05) is 12.1 Å². The second-order valence-electron chi connectivity index (χ2n) is 6.02. The minimum Gasteiger partial charge on any atom is -0.337 e. The van der Waals surface area contributed by atoms with Crippen molar-refractivity contribution in [1.29, 1.82) is 0 Å². The Balaban J connectivity index is 1.60. The molecule has 1 aliphatic rings. The molecular formula is C18H19N5O. The lowest BCUT2D eigenvalue weighted by atomic mass is 10.0. The van der Waals surface area contributed by atoms with Crippen LogP contribution >= 0.6 is 0 Å². The molecule has 3 heterocycles. The van der Waals surface area contributed by atoms with E-state index >= 15 is 0 Å². The maximum absolute atomic E-state index is 13.1. The van der Waals surface area contributed by atoms with E-state index in [0.717, 1.165) is 25.1 Å². The third-order valence-electron chi connectivity index (χ3n) is 4.52. The van der Waals surface area contributed by atoms with Gasteiger partial charge < -0.3 is 9.47 Å². The Morgan fingerprint density at radius 2 is 2.04 bits per heavy atom. The van der Waals surface area contributed by atoms with Crippen molar-refractivity contribution in [2.45, 2.75) is 18.9 Å². The van der Waals surface area contributed by atoms with E-state index in [2.05, 4.69) is 14.6 Å². The molecule has 1 atom stereocenters. The van der Waals surface area contributed by atoms with Crippen LogP contribution in [0.15, 0.2) is 61.4 Å². The van der Waals surface area contributed by atoms with Crippen LogP contribution in [0.3, 0.4) is 0 Å². The topological polar surface area (TPSA) is 56.0 Å². The third-order valence-corrected chi connectivity index (χ3v) is 4.52. The van der Waals surface area contributed by atoms with Gasteiger partial charge in [0.15, 0.2) is 0 Å². The first-order valence-corrected chi connectivity index (χ1v) is 8.19. The van der Waals surface area contributed by atoms with E-state index in [1.54, 1.807) is 17.1 Å². The van der Waals surface area contributed by atoms with Crippen LogP contribution in [0.1, 0.15) is 29.2 Å². The fourth-order valence-corrected chi connectivity index (χ4v) is 3.30. The van der Waals surface area contributed by atoms with E-state index in [1.165, 1.54) is 0 Å². The molecule has 1 aromatic carbocycles. The standard InChI is InChI=1S/C18H19N5O/c24-18(16-6-1-2-7-17(16)23-11-4-8-20-23)21-10-3-5-15(13-21)22-12-9-19-14-22/h1-2,4,6-9,11-12,14-15H,3,5,10,13H2/t15-/m0/s1. The van der Waals surface area contributed by atoms with Crippen molar-refractivity contribution in [2.24, 2.45) is 0 Å². The van der Waals surface area contributed by atoms with Crippen molar-refractivity contribution < 1.29 is 4.79 Å². The van der Waals surface area contributed by atoms with Crippen LogP contribution in [-0.4, -0.2) is 43.2 Å². The number of carbonyl (C=O) groups is 1. The Morgan fingerprint density at radius 1 is 1.12 bits per heavy atom. The highest BCUT2D eigenvalue weighted by Crippen LogP contribution is 2.24. The fourth-order valence-electron chi connectivity index (χ4n) is 3.30. The molecule has 1 amide bonds. The van der Waals surface area contributed by atoms with Gasteiger partial charge in [-0.05, 0) is 31.0 Å². The van der Waals surface area contributed by atoms with Crippen molar-refractivity contribution in [3.63, 3.8) is 0 Å². The number of para-hydroxylation sites is 1. The molecule has 6 heteroatoms. The molecule has 6 nitrogen and oxygen atoms in total. The highest BCUT2D eigenvalue weighted by molar-refractivity contribution is 5.97. The normalized spacial score (nSPS) is 17.8. The van der Waals surface area contributed by atoms with Gasteiger partial charge in [0.05, 0.1) is 23.6 Å². The zero-order chi connectivity index (χ0) is 16.4. The summed E-state index contributed by atoms with van der Waals surface area (Å²) in [6, 6.07) is 9.78. The summed E-state index contributed by atoms with van der Waals surface area (Å²) in [7, 11) is 0. The van der Waals surface area contributed by atoms with Gasteiger partial charge in [0.1, 0.15) is 0 Å². The number of nitrogens with zero attached hydrogens (tertiary/aromatic N) is 5. The van der Waals surface area contributed by atoms with Gasteiger partial charge in [-0.3, -0.25) is 4.79 Å². The summed E-state index contributed by atoms with van der Waals surface area (Å²) in [4.78, 5) is 19.2. The largest absolute Gasteiger partial charge is 0.337 e. The summed E-state index contributed by atoms with van der Waals surface area (Å²) in [6.45, 7) is 1.50. The van der Waals surface area contributed by atoms with Crippen molar-refractivity contribution in [3.8, 4) is 5.69 Å². The molecule has 0 bridgehead atoms. The van der Waals surface area contributed by atoms with Crippen LogP contribution < -0.4 is 0 Å². The number of piperidine rings is 1. The number of imidazole rings is 1. The molecule has 1 fully saturated rings. The van der Waals surface area contributed by atoms with Crippen LogP contribution in [-0.2, 0) is 0 Å². The van der Waals surface area contributed by atoms with Crippen LogP contribution in [0.5, 0.6) is 0 Å². The Hall–Kier alpha value is -2.89. The molecule has 0 spiro atoms. The number of hydrogen-bond donors (Lipinski definition) is 0. The Kier molecular flexibility index (Phi) is 3.86. The highest BCUT2D eigenvalue weighted by atomic mass is 16.2. The average molecular weight is 321 g/mol. The number of carbonyl (C=O) groups excluding carboxylic acids is 1. The Morgan fingerprint density at radius 3 is 2.83 bits per heavy atom. The summed E-state index contributed by atoms with van der Waals surface area (Å²) in [6.07, 6.45) is 11.2. The molecule has 1 saturated heterocycles. The minimum absolute atomic E-state index is 0.0610. The number of rotatable bonds is 3. The van der Waals surface area contributed by atoms with E-state index in [4.69, 9.17) is 0 Å². The zero-order valence-corrected chi connectivity index (χ0v) is 13.3. The van der Waals surface area contributed by atoms with Gasteiger partial charge in [0.25, 0.3) is 5.91 Å². The lowest BCUT2D eigenvalue weighted by Gasteiger charge is -2.33. The molecule has 0 unspecified atom stereocenters. The van der Waals surface area contributed by atoms with Crippen molar-refractivity contribution in [1.82, 2.24) is 24.2 Å². The second kappa shape index (κ2) is 6.31. The van der Waals surface area contributed by atoms with Crippen molar-refractivity contribution in [2.75, 3.05) is 13.1 Å². The fraction of sp³-hybridized carbons (Fsp3) is 0.278. The molecule has 2 aromatic heterocycles. The molecule has 0 saturated carbocycles. The first kappa shape index (κ1) is 14.7. The van der Waals surface area contributed by atoms with Crippen LogP contribution in [0.2, 0.25) is 0 Å². The number of aromatic nitrogens is 4. The molecule has 0 aliphatic carbocycles. The molecule has 0 radical (unpaired) electrons. The van der Waals surface area contributed by atoms with Gasteiger partial charge in [0, 0.05) is 37.9 Å². The number of likely N-dealkylation sites (tertiary alicyclic amines) is 1. The lowest BCUT2D eigenvalue weighted by molar-refractivity contribution is 0.0679. The minimum atomic E-state index is 0.0610. The SMILES string of the molecule is O=C(c1ccccc1-n1cccn1)N1CCC[C@H](n2ccnc2)C1.